The van der Waals surface area contributed by atoms with Crippen LogP contribution in [0.4, 0.5) is 5.69 Å². The van der Waals surface area contributed by atoms with Crippen molar-refractivity contribution in [2.24, 2.45) is 0 Å². The minimum atomic E-state index is 0.500. The van der Waals surface area contributed by atoms with Gasteiger partial charge in [-0.25, -0.2) is 0 Å². The monoisotopic (exact) mass is 298 g/mol. The molecule has 0 aromatic heterocycles. The number of hydrogen-bond donors (Lipinski definition) is 1. The van der Waals surface area contributed by atoms with Gasteiger partial charge in [-0.2, -0.15) is 0 Å². The van der Waals surface area contributed by atoms with Gasteiger partial charge >= 0.3 is 0 Å². The Bertz CT molecular complexity index is 378. The highest BCUT2D eigenvalue weighted by Crippen LogP contribution is 2.27. The van der Waals surface area contributed by atoms with E-state index in [9.17, 15) is 0 Å². The number of hydrogen-bond acceptors (Lipinski definition) is 3. The molecule has 0 aliphatic carbocycles. The standard InChI is InChI=1S/C13H19BrN2O/c1-15-8-10-3-4-11(14)7-13(10)16(2)12-5-6-17-9-12/h3-4,7,12,15H,5-6,8-9H2,1-2H3. The first-order chi connectivity index (χ1) is 8.22. The van der Waals surface area contributed by atoms with Gasteiger partial charge in [0.25, 0.3) is 0 Å². The Balaban J connectivity index is 2.24. The lowest BCUT2D eigenvalue weighted by Gasteiger charge is -2.28. The van der Waals surface area contributed by atoms with E-state index in [0.29, 0.717) is 6.04 Å². The molecule has 0 amide bonds. The number of nitrogens with one attached hydrogen (secondary N) is 1. The maximum absolute atomic E-state index is 5.46. The van der Waals surface area contributed by atoms with E-state index in [0.717, 1.165) is 30.7 Å². The van der Waals surface area contributed by atoms with Gasteiger partial charge in [0, 0.05) is 30.4 Å². The second-order valence-electron chi connectivity index (χ2n) is 4.43. The molecule has 0 radical (unpaired) electrons. The summed E-state index contributed by atoms with van der Waals surface area (Å²) in [5.41, 5.74) is 2.61. The number of rotatable bonds is 4. The lowest BCUT2D eigenvalue weighted by Crippen LogP contribution is -2.32. The molecule has 1 unspecified atom stereocenters. The molecule has 0 spiro atoms. The summed E-state index contributed by atoms with van der Waals surface area (Å²) in [6.07, 6.45) is 1.11. The van der Waals surface area contributed by atoms with Crippen LogP contribution < -0.4 is 10.2 Å². The summed E-state index contributed by atoms with van der Waals surface area (Å²) in [7, 11) is 4.13. The summed E-state index contributed by atoms with van der Waals surface area (Å²) >= 11 is 3.55. The maximum atomic E-state index is 5.46. The van der Waals surface area contributed by atoms with Crippen molar-refractivity contribution in [2.75, 3.05) is 32.2 Å². The highest BCUT2D eigenvalue weighted by molar-refractivity contribution is 9.10. The highest BCUT2D eigenvalue weighted by atomic mass is 79.9. The largest absolute Gasteiger partial charge is 0.379 e. The van der Waals surface area contributed by atoms with E-state index >= 15 is 0 Å². The number of likely N-dealkylation sites (N-methyl/N-ethyl adjacent to an activating group) is 1. The molecule has 0 bridgehead atoms. The fourth-order valence-corrected chi connectivity index (χ4v) is 2.58. The van der Waals surface area contributed by atoms with Crippen LogP contribution in [0, 0.1) is 0 Å². The van der Waals surface area contributed by atoms with Crippen molar-refractivity contribution in [3.05, 3.63) is 28.2 Å². The topological polar surface area (TPSA) is 24.5 Å². The zero-order chi connectivity index (χ0) is 12.3. The second kappa shape index (κ2) is 5.85. The van der Waals surface area contributed by atoms with Crippen molar-refractivity contribution < 1.29 is 4.74 Å². The van der Waals surface area contributed by atoms with E-state index in [1.54, 1.807) is 0 Å². The zero-order valence-electron chi connectivity index (χ0n) is 10.4. The molecule has 1 aliphatic heterocycles. The Hall–Kier alpha value is -0.580. The van der Waals surface area contributed by atoms with Crippen molar-refractivity contribution in [3.8, 4) is 0 Å². The zero-order valence-corrected chi connectivity index (χ0v) is 12.0. The number of halogens is 1. The molecular formula is C13H19BrN2O. The van der Waals surface area contributed by atoms with E-state index in [1.165, 1.54) is 11.3 Å². The van der Waals surface area contributed by atoms with Gasteiger partial charge < -0.3 is 15.0 Å². The maximum Gasteiger partial charge on any atom is 0.0670 e. The molecule has 1 N–H and O–H groups in total. The van der Waals surface area contributed by atoms with Crippen LogP contribution >= 0.6 is 15.9 Å². The normalized spacial score (nSPS) is 19.6. The molecule has 3 nitrogen and oxygen atoms in total. The van der Waals surface area contributed by atoms with Gasteiger partial charge in [-0.05, 0) is 31.2 Å². The fraction of sp³-hybridized carbons (Fsp3) is 0.538. The molecule has 94 valence electrons. The summed E-state index contributed by atoms with van der Waals surface area (Å²) in [5, 5.41) is 3.22. The van der Waals surface area contributed by atoms with Crippen molar-refractivity contribution in [1.29, 1.82) is 0 Å². The molecule has 1 atom stereocenters. The molecule has 1 heterocycles. The first-order valence-corrected chi connectivity index (χ1v) is 6.75. The van der Waals surface area contributed by atoms with Crippen LogP contribution in [0.25, 0.3) is 0 Å². The van der Waals surface area contributed by atoms with Gasteiger partial charge in [0.1, 0.15) is 0 Å². The first-order valence-electron chi connectivity index (χ1n) is 5.96. The Morgan fingerprint density at radius 1 is 1.53 bits per heavy atom. The molecule has 1 aromatic carbocycles. The Labute approximate surface area is 111 Å². The van der Waals surface area contributed by atoms with E-state index in [2.05, 4.69) is 51.4 Å². The van der Waals surface area contributed by atoms with E-state index in [-0.39, 0.29) is 0 Å². The smallest absolute Gasteiger partial charge is 0.0670 e. The number of benzene rings is 1. The van der Waals surface area contributed by atoms with Crippen molar-refractivity contribution in [3.63, 3.8) is 0 Å². The number of ether oxygens (including phenoxy) is 1. The second-order valence-corrected chi connectivity index (χ2v) is 5.35. The van der Waals surface area contributed by atoms with Gasteiger partial charge in [0.2, 0.25) is 0 Å². The first kappa shape index (κ1) is 12.9. The fourth-order valence-electron chi connectivity index (χ4n) is 2.23. The Morgan fingerprint density at radius 3 is 3.00 bits per heavy atom. The van der Waals surface area contributed by atoms with E-state index in [1.807, 2.05) is 7.05 Å². The molecular weight excluding hydrogens is 280 g/mol. The van der Waals surface area contributed by atoms with Crippen molar-refractivity contribution >= 4 is 21.6 Å². The van der Waals surface area contributed by atoms with Crippen LogP contribution in [0.15, 0.2) is 22.7 Å². The third-order valence-corrected chi connectivity index (χ3v) is 3.74. The van der Waals surface area contributed by atoms with Gasteiger partial charge in [-0.15, -0.1) is 0 Å². The van der Waals surface area contributed by atoms with Gasteiger partial charge in [-0.1, -0.05) is 22.0 Å². The molecule has 1 aliphatic rings. The van der Waals surface area contributed by atoms with E-state index in [4.69, 9.17) is 4.74 Å². The van der Waals surface area contributed by atoms with Gasteiger partial charge in [-0.3, -0.25) is 0 Å². The Kier molecular flexibility index (Phi) is 4.42. The van der Waals surface area contributed by atoms with Crippen LogP contribution in [0.2, 0.25) is 0 Å². The molecule has 1 saturated heterocycles. The van der Waals surface area contributed by atoms with Crippen LogP contribution in [0.1, 0.15) is 12.0 Å². The third-order valence-electron chi connectivity index (χ3n) is 3.25. The Morgan fingerprint density at radius 2 is 2.35 bits per heavy atom. The molecule has 2 rings (SSSR count). The minimum absolute atomic E-state index is 0.500. The molecule has 1 fully saturated rings. The van der Waals surface area contributed by atoms with Gasteiger partial charge in [0.15, 0.2) is 0 Å². The van der Waals surface area contributed by atoms with Gasteiger partial charge in [0.05, 0.1) is 12.6 Å². The summed E-state index contributed by atoms with van der Waals surface area (Å²) < 4.78 is 6.58. The summed E-state index contributed by atoms with van der Waals surface area (Å²) in [6.45, 7) is 2.60. The molecule has 4 heteroatoms. The highest BCUT2D eigenvalue weighted by Gasteiger charge is 2.22. The number of nitrogens with zero attached hydrogens (tertiary/aromatic N) is 1. The van der Waals surface area contributed by atoms with Crippen LogP contribution in [0.3, 0.4) is 0 Å². The summed E-state index contributed by atoms with van der Waals surface area (Å²) in [4.78, 5) is 2.34. The molecule has 17 heavy (non-hydrogen) atoms. The van der Waals surface area contributed by atoms with Crippen LogP contribution in [0.5, 0.6) is 0 Å². The van der Waals surface area contributed by atoms with Crippen molar-refractivity contribution in [1.82, 2.24) is 5.32 Å². The predicted molar refractivity (Wildman–Crippen MR) is 74.5 cm³/mol. The van der Waals surface area contributed by atoms with Crippen LogP contribution in [-0.2, 0) is 11.3 Å². The molecule has 0 saturated carbocycles. The minimum Gasteiger partial charge on any atom is -0.379 e. The van der Waals surface area contributed by atoms with E-state index < -0.39 is 0 Å². The molecule has 1 aromatic rings. The predicted octanol–water partition coefficient (Wildman–Crippen LogP) is 2.39. The van der Waals surface area contributed by atoms with Crippen LogP contribution in [-0.4, -0.2) is 33.4 Å². The summed E-state index contributed by atoms with van der Waals surface area (Å²) in [5.74, 6) is 0. The lowest BCUT2D eigenvalue weighted by atomic mass is 10.1. The van der Waals surface area contributed by atoms with Crippen molar-refractivity contribution in [2.45, 2.75) is 19.0 Å². The SMILES string of the molecule is CNCc1ccc(Br)cc1N(C)C1CCOC1. The lowest BCUT2D eigenvalue weighted by molar-refractivity contribution is 0.193. The quantitative estimate of drug-likeness (QED) is 0.924. The number of anilines is 1. The third kappa shape index (κ3) is 3.00. The average Bonchev–Trinajstić information content (AvgIpc) is 2.84. The summed E-state index contributed by atoms with van der Waals surface area (Å²) in [6, 6.07) is 6.95. The average molecular weight is 299 g/mol.